The van der Waals surface area contributed by atoms with Gasteiger partial charge in [0.15, 0.2) is 10.4 Å². The van der Waals surface area contributed by atoms with E-state index in [1.165, 1.54) is 11.0 Å². The largest absolute Gasteiger partial charge is 0.467 e. The second kappa shape index (κ2) is 4.72. The van der Waals surface area contributed by atoms with E-state index in [-0.39, 0.29) is 25.3 Å². The molecule has 1 fully saturated rings. The molecule has 1 unspecified atom stereocenters. The van der Waals surface area contributed by atoms with Crippen molar-refractivity contribution in [3.63, 3.8) is 0 Å². The number of ether oxygens (including phenoxy) is 1. The first-order valence-corrected chi connectivity index (χ1v) is 6.07. The molecule has 98 valence electrons. The van der Waals surface area contributed by atoms with Gasteiger partial charge in [-0.25, -0.2) is 9.18 Å². The summed E-state index contributed by atoms with van der Waals surface area (Å²) in [5, 5.41) is 0. The summed E-state index contributed by atoms with van der Waals surface area (Å²) in [4.78, 5) is 24.5. The molecule has 1 atom stereocenters. The maximum absolute atomic E-state index is 14.1. The van der Waals surface area contributed by atoms with E-state index < -0.39 is 17.5 Å². The minimum atomic E-state index is -2.12. The smallest absolute Gasteiger partial charge is 0.345 e. The predicted octanol–water partition coefficient (Wildman–Crippen LogP) is 1.77. The first-order valence-electron chi connectivity index (χ1n) is 5.28. The van der Waals surface area contributed by atoms with Gasteiger partial charge in [0, 0.05) is 13.0 Å². The first-order chi connectivity index (χ1) is 8.46. The number of esters is 1. The predicted molar refractivity (Wildman–Crippen MR) is 62.8 cm³/mol. The molecule has 7 heteroatoms. The van der Waals surface area contributed by atoms with Gasteiger partial charge in [-0.2, -0.15) is 0 Å². The summed E-state index contributed by atoms with van der Waals surface area (Å²) in [5.74, 6) is -1.28. The average molecular weight is 320 g/mol. The number of carbonyl (C=O) groups excluding carboxylic acids is 2. The van der Waals surface area contributed by atoms with Crippen LogP contribution in [0, 0.1) is 0 Å². The van der Waals surface area contributed by atoms with Gasteiger partial charge in [0.1, 0.15) is 0 Å². The molecular formula is C11H11BrFNO4. The molecule has 1 aliphatic rings. The third-order valence-electron chi connectivity index (χ3n) is 2.84. The van der Waals surface area contributed by atoms with Crippen molar-refractivity contribution in [2.45, 2.75) is 12.1 Å². The highest BCUT2D eigenvalue weighted by molar-refractivity contribution is 9.10. The monoisotopic (exact) mass is 319 g/mol. The van der Waals surface area contributed by atoms with Crippen LogP contribution in [0.1, 0.15) is 17.0 Å². The number of carbonyl (C=O) groups is 2. The van der Waals surface area contributed by atoms with Crippen LogP contribution in [0.15, 0.2) is 21.2 Å². The Morgan fingerprint density at radius 3 is 2.83 bits per heavy atom. The maximum atomic E-state index is 14.1. The molecule has 1 aromatic rings. The van der Waals surface area contributed by atoms with Gasteiger partial charge in [-0.1, -0.05) is 0 Å². The standard InChI is InChI=1S/C11H11BrFNO4/c1-17-10(16)11(13)4-5-14(6-11)9(15)7-2-3-8(12)18-7/h2-3H,4-6H2,1H3. The molecular weight excluding hydrogens is 309 g/mol. The fourth-order valence-corrected chi connectivity index (χ4v) is 2.19. The number of alkyl halides is 1. The van der Waals surface area contributed by atoms with Crippen LogP contribution < -0.4 is 0 Å². The number of likely N-dealkylation sites (tertiary alicyclic amines) is 1. The molecule has 1 amide bonds. The Morgan fingerprint density at radius 2 is 2.28 bits per heavy atom. The summed E-state index contributed by atoms with van der Waals surface area (Å²) in [5.41, 5.74) is -2.12. The Morgan fingerprint density at radius 1 is 1.56 bits per heavy atom. The molecule has 0 aliphatic carbocycles. The van der Waals surface area contributed by atoms with Crippen molar-refractivity contribution in [3.05, 3.63) is 22.6 Å². The average Bonchev–Trinajstić information content (AvgIpc) is 2.95. The van der Waals surface area contributed by atoms with Gasteiger partial charge >= 0.3 is 5.97 Å². The van der Waals surface area contributed by atoms with Crippen molar-refractivity contribution < 1.29 is 23.1 Å². The van der Waals surface area contributed by atoms with E-state index in [1.807, 2.05) is 0 Å². The number of rotatable bonds is 2. The first kappa shape index (κ1) is 13.1. The summed E-state index contributed by atoms with van der Waals surface area (Å²) in [6.45, 7) is -0.153. The van der Waals surface area contributed by atoms with E-state index in [2.05, 4.69) is 20.7 Å². The van der Waals surface area contributed by atoms with Crippen molar-refractivity contribution >= 4 is 27.8 Å². The summed E-state index contributed by atoms with van der Waals surface area (Å²) < 4.78 is 24.0. The minimum absolute atomic E-state index is 0.0622. The molecule has 2 heterocycles. The molecule has 18 heavy (non-hydrogen) atoms. The molecule has 5 nitrogen and oxygen atoms in total. The minimum Gasteiger partial charge on any atom is -0.467 e. The SMILES string of the molecule is COC(=O)C1(F)CCN(C(=O)c2ccc(Br)o2)C1. The Labute approximate surface area is 111 Å². The maximum Gasteiger partial charge on any atom is 0.345 e. The van der Waals surface area contributed by atoms with Crippen molar-refractivity contribution in [2.75, 3.05) is 20.2 Å². The van der Waals surface area contributed by atoms with Gasteiger partial charge in [-0.15, -0.1) is 0 Å². The molecule has 0 bridgehead atoms. The number of hydrogen-bond acceptors (Lipinski definition) is 4. The van der Waals surface area contributed by atoms with Crippen LogP contribution in [0.3, 0.4) is 0 Å². The van der Waals surface area contributed by atoms with Crippen LogP contribution >= 0.6 is 15.9 Å². The molecule has 1 aromatic heterocycles. The van der Waals surface area contributed by atoms with Gasteiger partial charge in [-0.05, 0) is 28.1 Å². The Hall–Kier alpha value is -1.37. The highest BCUT2D eigenvalue weighted by Gasteiger charge is 2.48. The lowest BCUT2D eigenvalue weighted by Gasteiger charge is -2.17. The molecule has 1 aliphatic heterocycles. The topological polar surface area (TPSA) is 59.8 Å². The van der Waals surface area contributed by atoms with Gasteiger partial charge in [-0.3, -0.25) is 4.79 Å². The van der Waals surface area contributed by atoms with E-state index in [9.17, 15) is 14.0 Å². The zero-order chi connectivity index (χ0) is 13.3. The Balaban J connectivity index is 2.09. The number of halogens is 2. The second-order valence-electron chi connectivity index (χ2n) is 4.04. The van der Waals surface area contributed by atoms with Crippen LogP contribution in [0.4, 0.5) is 4.39 Å². The van der Waals surface area contributed by atoms with Crippen molar-refractivity contribution in [1.29, 1.82) is 0 Å². The lowest BCUT2D eigenvalue weighted by atomic mass is 10.1. The van der Waals surface area contributed by atoms with E-state index >= 15 is 0 Å². The number of amides is 1. The molecule has 0 spiro atoms. The van der Waals surface area contributed by atoms with Crippen molar-refractivity contribution in [3.8, 4) is 0 Å². The molecule has 0 saturated carbocycles. The lowest BCUT2D eigenvalue weighted by molar-refractivity contribution is -0.153. The number of methoxy groups -OCH3 is 1. The molecule has 0 radical (unpaired) electrons. The van der Waals surface area contributed by atoms with Crippen molar-refractivity contribution in [1.82, 2.24) is 4.90 Å². The Kier molecular flexibility index (Phi) is 3.43. The van der Waals surface area contributed by atoms with E-state index in [4.69, 9.17) is 4.42 Å². The zero-order valence-electron chi connectivity index (χ0n) is 9.61. The van der Waals surface area contributed by atoms with E-state index in [0.717, 1.165) is 7.11 Å². The zero-order valence-corrected chi connectivity index (χ0v) is 11.2. The molecule has 1 saturated heterocycles. The second-order valence-corrected chi connectivity index (χ2v) is 4.82. The van der Waals surface area contributed by atoms with Gasteiger partial charge < -0.3 is 14.1 Å². The van der Waals surface area contributed by atoms with E-state index in [0.29, 0.717) is 4.67 Å². The lowest BCUT2D eigenvalue weighted by Crippen LogP contribution is -2.39. The molecule has 0 aromatic carbocycles. The third-order valence-corrected chi connectivity index (χ3v) is 3.27. The van der Waals surface area contributed by atoms with Crippen molar-refractivity contribution in [2.24, 2.45) is 0 Å². The normalized spacial score (nSPS) is 23.2. The van der Waals surface area contributed by atoms with Crippen LogP contribution in [0.5, 0.6) is 0 Å². The van der Waals surface area contributed by atoms with Crippen LogP contribution in [-0.2, 0) is 9.53 Å². The fraction of sp³-hybridized carbons (Fsp3) is 0.455. The number of furan rings is 1. The highest BCUT2D eigenvalue weighted by Crippen LogP contribution is 2.28. The highest BCUT2D eigenvalue weighted by atomic mass is 79.9. The number of nitrogens with zero attached hydrogens (tertiary/aromatic N) is 1. The van der Waals surface area contributed by atoms with E-state index in [1.54, 1.807) is 6.07 Å². The Bertz CT molecular complexity index is 489. The quantitative estimate of drug-likeness (QED) is 0.779. The summed E-state index contributed by atoms with van der Waals surface area (Å²) in [6.07, 6.45) is -0.0622. The number of hydrogen-bond donors (Lipinski definition) is 0. The van der Waals surface area contributed by atoms with Crippen LogP contribution in [0.25, 0.3) is 0 Å². The van der Waals surface area contributed by atoms with Gasteiger partial charge in [0.2, 0.25) is 5.67 Å². The van der Waals surface area contributed by atoms with Gasteiger partial charge in [0.05, 0.1) is 13.7 Å². The summed E-state index contributed by atoms with van der Waals surface area (Å²) in [7, 11) is 1.12. The fourth-order valence-electron chi connectivity index (χ4n) is 1.88. The van der Waals surface area contributed by atoms with Crippen LogP contribution in [0.2, 0.25) is 0 Å². The third kappa shape index (κ3) is 2.27. The summed E-state index contributed by atoms with van der Waals surface area (Å²) >= 11 is 3.08. The molecule has 2 rings (SSSR count). The van der Waals surface area contributed by atoms with Crippen LogP contribution in [-0.4, -0.2) is 42.6 Å². The molecule has 0 N–H and O–H groups in total. The summed E-state index contributed by atoms with van der Waals surface area (Å²) in [6, 6.07) is 3.06. The van der Waals surface area contributed by atoms with Gasteiger partial charge in [0.25, 0.3) is 5.91 Å².